The molecule has 122 valence electrons. The zero-order valence-corrected chi connectivity index (χ0v) is 13.1. The van der Waals surface area contributed by atoms with E-state index >= 15 is 0 Å². The van der Waals surface area contributed by atoms with Gasteiger partial charge in [-0.15, -0.1) is 0 Å². The molecule has 2 saturated heterocycles. The van der Waals surface area contributed by atoms with Crippen molar-refractivity contribution < 1.29 is 9.66 Å². The third-order valence-electron chi connectivity index (χ3n) is 4.67. The van der Waals surface area contributed by atoms with Gasteiger partial charge in [0.05, 0.1) is 11.5 Å². The van der Waals surface area contributed by atoms with Crippen LogP contribution in [0.5, 0.6) is 0 Å². The van der Waals surface area contributed by atoms with Crippen molar-refractivity contribution >= 4 is 11.5 Å². The lowest BCUT2D eigenvalue weighted by Gasteiger charge is -2.35. The van der Waals surface area contributed by atoms with Gasteiger partial charge in [-0.05, 0) is 26.2 Å². The highest BCUT2D eigenvalue weighted by molar-refractivity contribution is 5.59. The van der Waals surface area contributed by atoms with Crippen molar-refractivity contribution in [3.63, 3.8) is 0 Å². The number of aromatic nitrogens is 2. The molecule has 22 heavy (non-hydrogen) atoms. The molecule has 1 aromatic rings. The first-order valence-corrected chi connectivity index (χ1v) is 7.82. The maximum atomic E-state index is 11.2. The Morgan fingerprint density at radius 3 is 2.68 bits per heavy atom. The molecule has 1 N–H and O–H groups in total. The molecular weight excluding hydrogens is 286 g/mol. The van der Waals surface area contributed by atoms with Crippen LogP contribution in [0.4, 0.5) is 11.5 Å². The van der Waals surface area contributed by atoms with E-state index in [1.807, 2.05) is 0 Å². The van der Waals surface area contributed by atoms with E-state index in [-0.39, 0.29) is 16.7 Å². The Bertz CT molecular complexity index is 545. The van der Waals surface area contributed by atoms with Crippen molar-refractivity contribution in [2.45, 2.75) is 38.3 Å². The van der Waals surface area contributed by atoms with Crippen LogP contribution in [0.15, 0.2) is 0 Å². The van der Waals surface area contributed by atoms with Gasteiger partial charge in [-0.1, -0.05) is 0 Å². The van der Waals surface area contributed by atoms with Crippen molar-refractivity contribution in [1.29, 1.82) is 0 Å². The van der Waals surface area contributed by atoms with Gasteiger partial charge in [-0.25, -0.2) is 4.68 Å². The minimum absolute atomic E-state index is 0.0918. The molecule has 3 heterocycles. The Labute approximate surface area is 129 Å². The smallest absolute Gasteiger partial charge is 0.333 e. The van der Waals surface area contributed by atoms with E-state index in [0.29, 0.717) is 17.6 Å². The number of likely N-dealkylation sites (tertiary alicyclic amines) is 1. The van der Waals surface area contributed by atoms with Crippen LogP contribution in [0.1, 0.15) is 25.0 Å². The van der Waals surface area contributed by atoms with E-state index in [0.717, 1.165) is 45.6 Å². The molecule has 8 nitrogen and oxygen atoms in total. The zero-order chi connectivity index (χ0) is 15.7. The van der Waals surface area contributed by atoms with Gasteiger partial charge in [0.2, 0.25) is 5.82 Å². The van der Waals surface area contributed by atoms with Gasteiger partial charge in [-0.3, -0.25) is 15.0 Å². The lowest BCUT2D eigenvalue weighted by molar-refractivity contribution is -0.384. The number of aryl methyl sites for hydroxylation is 2. The molecule has 1 unspecified atom stereocenters. The summed E-state index contributed by atoms with van der Waals surface area (Å²) in [4.78, 5) is 13.3. The molecule has 0 bridgehead atoms. The fourth-order valence-electron chi connectivity index (χ4n) is 3.44. The first kappa shape index (κ1) is 15.2. The van der Waals surface area contributed by atoms with Gasteiger partial charge >= 0.3 is 5.69 Å². The second-order valence-corrected chi connectivity index (χ2v) is 6.14. The molecule has 8 heteroatoms. The van der Waals surface area contributed by atoms with Gasteiger partial charge in [0.25, 0.3) is 0 Å². The molecule has 2 fully saturated rings. The molecule has 1 aromatic heterocycles. The molecule has 0 radical (unpaired) electrons. The number of nitrogens with one attached hydrogen (secondary N) is 1. The van der Waals surface area contributed by atoms with Crippen LogP contribution in [-0.4, -0.2) is 58.0 Å². The Hall–Kier alpha value is -1.67. The fourth-order valence-corrected chi connectivity index (χ4v) is 3.44. The molecule has 2 aliphatic rings. The molecule has 0 aliphatic carbocycles. The van der Waals surface area contributed by atoms with E-state index < -0.39 is 0 Å². The normalized spacial score (nSPS) is 23.8. The van der Waals surface area contributed by atoms with Crippen LogP contribution in [0, 0.1) is 17.0 Å². The number of anilines is 1. The summed E-state index contributed by atoms with van der Waals surface area (Å²) in [5, 5.41) is 18.7. The third-order valence-corrected chi connectivity index (χ3v) is 4.67. The predicted octanol–water partition coefficient (Wildman–Crippen LogP) is 1.30. The third kappa shape index (κ3) is 2.93. The van der Waals surface area contributed by atoms with Gasteiger partial charge in [0.1, 0.15) is 5.69 Å². The summed E-state index contributed by atoms with van der Waals surface area (Å²) in [6.45, 7) is 5.40. The van der Waals surface area contributed by atoms with Crippen molar-refractivity contribution in [3.05, 3.63) is 15.8 Å². The summed E-state index contributed by atoms with van der Waals surface area (Å²) in [5.74, 6) is 0.519. The van der Waals surface area contributed by atoms with Crippen molar-refractivity contribution in [3.8, 4) is 0 Å². The molecule has 0 saturated carbocycles. The standard InChI is InChI=1S/C14H23N5O3/c1-10-13(19(20)21)14(17(2)16-10)15-11-3-6-18(7-4-11)12-5-8-22-9-12/h11-12,15H,3-9H2,1-2H3. The second-order valence-electron chi connectivity index (χ2n) is 6.14. The zero-order valence-electron chi connectivity index (χ0n) is 13.1. The van der Waals surface area contributed by atoms with Crippen molar-refractivity contribution in [2.24, 2.45) is 7.05 Å². The second kappa shape index (κ2) is 6.21. The maximum absolute atomic E-state index is 11.2. The lowest BCUT2D eigenvalue weighted by Crippen LogP contribution is -2.45. The highest BCUT2D eigenvalue weighted by atomic mass is 16.6. The average molecular weight is 309 g/mol. The summed E-state index contributed by atoms with van der Waals surface area (Å²) >= 11 is 0. The molecule has 1 atom stereocenters. The molecule has 0 amide bonds. The quantitative estimate of drug-likeness (QED) is 0.666. The van der Waals surface area contributed by atoms with Crippen LogP contribution < -0.4 is 5.32 Å². The van der Waals surface area contributed by atoms with Crippen molar-refractivity contribution in [1.82, 2.24) is 14.7 Å². The molecule has 0 spiro atoms. The van der Waals surface area contributed by atoms with Gasteiger partial charge in [-0.2, -0.15) is 5.10 Å². The highest BCUT2D eigenvalue weighted by Gasteiger charge is 2.30. The summed E-state index contributed by atoms with van der Waals surface area (Å²) in [6, 6.07) is 0.807. The van der Waals surface area contributed by atoms with E-state index in [2.05, 4.69) is 15.3 Å². The van der Waals surface area contributed by atoms with Crippen molar-refractivity contribution in [2.75, 3.05) is 31.6 Å². The summed E-state index contributed by atoms with van der Waals surface area (Å²) < 4.78 is 7.02. The first-order valence-electron chi connectivity index (χ1n) is 7.82. The maximum Gasteiger partial charge on any atom is 0.333 e. The van der Waals surface area contributed by atoms with Crippen LogP contribution in [-0.2, 0) is 11.8 Å². The van der Waals surface area contributed by atoms with Gasteiger partial charge < -0.3 is 10.1 Å². The molecule has 2 aliphatic heterocycles. The van der Waals surface area contributed by atoms with Crippen LogP contribution >= 0.6 is 0 Å². The Balaban J connectivity index is 1.62. The lowest BCUT2D eigenvalue weighted by atomic mass is 10.0. The monoisotopic (exact) mass is 309 g/mol. The molecule has 0 aromatic carbocycles. The highest BCUT2D eigenvalue weighted by Crippen LogP contribution is 2.29. The largest absolute Gasteiger partial charge is 0.380 e. The average Bonchev–Trinajstić information content (AvgIpc) is 3.09. The molecular formula is C14H23N5O3. The van der Waals surface area contributed by atoms with Crippen LogP contribution in [0.2, 0.25) is 0 Å². The SMILES string of the molecule is Cc1nn(C)c(NC2CCN(C3CCOC3)CC2)c1[N+](=O)[O-]. The van der Waals surface area contributed by atoms with E-state index in [1.165, 1.54) is 0 Å². The number of rotatable bonds is 4. The fraction of sp³-hybridized carbons (Fsp3) is 0.786. The molecule has 3 rings (SSSR count). The number of nitro groups is 1. The predicted molar refractivity (Wildman–Crippen MR) is 82.0 cm³/mol. The van der Waals surface area contributed by atoms with E-state index in [4.69, 9.17) is 4.74 Å². The van der Waals surface area contributed by atoms with E-state index in [9.17, 15) is 10.1 Å². The van der Waals surface area contributed by atoms with Crippen LogP contribution in [0.3, 0.4) is 0 Å². The Morgan fingerprint density at radius 1 is 1.36 bits per heavy atom. The summed E-state index contributed by atoms with van der Waals surface area (Å²) in [5.41, 5.74) is 0.546. The topological polar surface area (TPSA) is 85.5 Å². The summed E-state index contributed by atoms with van der Waals surface area (Å²) in [7, 11) is 1.74. The summed E-state index contributed by atoms with van der Waals surface area (Å²) in [6.07, 6.45) is 3.08. The number of ether oxygens (including phenoxy) is 1. The number of nitrogens with zero attached hydrogens (tertiary/aromatic N) is 4. The number of hydrogen-bond donors (Lipinski definition) is 1. The van der Waals surface area contributed by atoms with Gasteiger partial charge in [0, 0.05) is 38.8 Å². The minimum Gasteiger partial charge on any atom is -0.380 e. The van der Waals surface area contributed by atoms with E-state index in [1.54, 1.807) is 18.7 Å². The minimum atomic E-state index is -0.352. The number of piperidine rings is 1. The first-order chi connectivity index (χ1) is 10.6. The van der Waals surface area contributed by atoms with Gasteiger partial charge in [0.15, 0.2) is 0 Å². The van der Waals surface area contributed by atoms with Crippen LogP contribution in [0.25, 0.3) is 0 Å². The number of hydrogen-bond acceptors (Lipinski definition) is 6. The Morgan fingerprint density at radius 2 is 2.09 bits per heavy atom. The Kier molecular flexibility index (Phi) is 4.30.